The minimum absolute atomic E-state index is 0.0915. The van der Waals surface area contributed by atoms with Gasteiger partial charge in [0, 0.05) is 19.5 Å². The lowest BCUT2D eigenvalue weighted by Gasteiger charge is -2.34. The van der Waals surface area contributed by atoms with Gasteiger partial charge < -0.3 is 10.2 Å². The largest absolute Gasteiger partial charge is 0.354 e. The lowest BCUT2D eigenvalue weighted by atomic mass is 10.0. The van der Waals surface area contributed by atoms with Gasteiger partial charge in [-0.15, -0.1) is 0 Å². The van der Waals surface area contributed by atoms with Crippen LogP contribution in [0.2, 0.25) is 0 Å². The van der Waals surface area contributed by atoms with Crippen LogP contribution in [0, 0.1) is 27.7 Å². The molecule has 2 amide bonds. The Labute approximate surface area is 268 Å². The molecule has 45 heavy (non-hydrogen) atoms. The van der Waals surface area contributed by atoms with E-state index in [4.69, 9.17) is 0 Å². The first-order valence-electron chi connectivity index (χ1n) is 15.3. The van der Waals surface area contributed by atoms with Gasteiger partial charge in [0.2, 0.25) is 11.8 Å². The molecule has 4 aromatic carbocycles. The van der Waals surface area contributed by atoms with Gasteiger partial charge >= 0.3 is 0 Å². The summed E-state index contributed by atoms with van der Waals surface area (Å²) in [4.78, 5) is 30.1. The van der Waals surface area contributed by atoms with E-state index >= 15 is 0 Å². The molecule has 4 rings (SSSR count). The third-order valence-electron chi connectivity index (χ3n) is 8.15. The van der Waals surface area contributed by atoms with E-state index in [1.165, 1.54) is 4.31 Å². The number of nitrogens with one attached hydrogen (secondary N) is 1. The van der Waals surface area contributed by atoms with Crippen LogP contribution in [0.15, 0.2) is 102 Å². The Kier molecular flexibility index (Phi) is 11.2. The van der Waals surface area contributed by atoms with Crippen LogP contribution >= 0.6 is 0 Å². The van der Waals surface area contributed by atoms with Crippen molar-refractivity contribution in [2.24, 2.45) is 0 Å². The van der Waals surface area contributed by atoms with Crippen LogP contribution in [0.5, 0.6) is 0 Å². The maximum atomic E-state index is 14.6. The van der Waals surface area contributed by atoms with Crippen molar-refractivity contribution < 1.29 is 18.0 Å². The molecular weight excluding hydrogens is 582 g/mol. The lowest BCUT2D eigenvalue weighted by molar-refractivity contribution is -0.140. The minimum Gasteiger partial charge on any atom is -0.354 e. The lowest BCUT2D eigenvalue weighted by Crippen LogP contribution is -2.53. The number of rotatable bonds is 13. The summed E-state index contributed by atoms with van der Waals surface area (Å²) in [6.07, 6.45) is 1.02. The number of aryl methyl sites for hydroxylation is 3. The normalized spacial score (nSPS) is 11.9. The van der Waals surface area contributed by atoms with Gasteiger partial charge in [-0.25, -0.2) is 8.42 Å². The van der Waals surface area contributed by atoms with Crippen molar-refractivity contribution in [3.05, 3.63) is 130 Å². The third kappa shape index (κ3) is 8.19. The molecule has 4 aromatic rings. The molecule has 0 aromatic heterocycles. The fourth-order valence-corrected chi connectivity index (χ4v) is 6.72. The molecular formula is C37H43N3O4S. The Morgan fingerprint density at radius 3 is 2.09 bits per heavy atom. The second-order valence-corrected chi connectivity index (χ2v) is 13.4. The van der Waals surface area contributed by atoms with Crippen molar-refractivity contribution >= 4 is 27.5 Å². The van der Waals surface area contributed by atoms with Crippen LogP contribution in [0.1, 0.15) is 46.7 Å². The van der Waals surface area contributed by atoms with Crippen molar-refractivity contribution in [2.75, 3.05) is 17.4 Å². The highest BCUT2D eigenvalue weighted by atomic mass is 32.2. The van der Waals surface area contributed by atoms with Gasteiger partial charge in [0.1, 0.15) is 12.6 Å². The molecule has 0 fully saturated rings. The number of hydrogen-bond donors (Lipinski definition) is 1. The molecule has 0 unspecified atom stereocenters. The fourth-order valence-electron chi connectivity index (χ4n) is 5.25. The van der Waals surface area contributed by atoms with Crippen LogP contribution in [-0.2, 0) is 32.6 Å². The van der Waals surface area contributed by atoms with E-state index in [1.54, 1.807) is 41.3 Å². The smallest absolute Gasteiger partial charge is 0.264 e. The van der Waals surface area contributed by atoms with Gasteiger partial charge in [-0.1, -0.05) is 91.3 Å². The van der Waals surface area contributed by atoms with Crippen LogP contribution < -0.4 is 9.62 Å². The zero-order chi connectivity index (χ0) is 32.6. The molecule has 0 bridgehead atoms. The molecule has 0 aliphatic rings. The molecule has 236 valence electrons. The number of sulfonamides is 1. The quantitative estimate of drug-likeness (QED) is 0.190. The number of amides is 2. The van der Waals surface area contributed by atoms with Gasteiger partial charge in [0.25, 0.3) is 10.0 Å². The summed E-state index contributed by atoms with van der Waals surface area (Å²) in [7, 11) is -4.15. The highest BCUT2D eigenvalue weighted by Gasteiger charge is 2.35. The van der Waals surface area contributed by atoms with Crippen molar-refractivity contribution in [1.29, 1.82) is 0 Å². The SMILES string of the molecule is CCCNC(=O)[C@H](Cc1ccccc1)N(Cc1ccccc1C)C(=O)CN(c1cccc(C)c1C)S(=O)(=O)c1ccc(C)cc1. The van der Waals surface area contributed by atoms with E-state index in [1.807, 2.05) is 95.3 Å². The Hall–Kier alpha value is -4.43. The van der Waals surface area contributed by atoms with Gasteiger partial charge in [-0.3, -0.25) is 13.9 Å². The first kappa shape index (κ1) is 33.5. The van der Waals surface area contributed by atoms with E-state index in [-0.39, 0.29) is 23.8 Å². The Morgan fingerprint density at radius 1 is 0.778 bits per heavy atom. The minimum atomic E-state index is -4.15. The molecule has 7 nitrogen and oxygen atoms in total. The number of anilines is 1. The number of hydrogen-bond acceptors (Lipinski definition) is 4. The number of benzene rings is 4. The Morgan fingerprint density at radius 2 is 1.42 bits per heavy atom. The molecule has 0 saturated carbocycles. The predicted octanol–water partition coefficient (Wildman–Crippen LogP) is 6.28. The molecule has 0 spiro atoms. The summed E-state index contributed by atoms with van der Waals surface area (Å²) in [6.45, 7) is 9.73. The molecule has 1 atom stereocenters. The monoisotopic (exact) mass is 625 g/mol. The van der Waals surface area contributed by atoms with E-state index in [9.17, 15) is 18.0 Å². The summed E-state index contributed by atoms with van der Waals surface area (Å²) in [5.74, 6) is -0.746. The van der Waals surface area contributed by atoms with Crippen molar-refractivity contribution in [2.45, 2.75) is 64.9 Å². The van der Waals surface area contributed by atoms with Crippen LogP contribution in [-0.4, -0.2) is 44.3 Å². The summed E-state index contributed by atoms with van der Waals surface area (Å²) >= 11 is 0. The van der Waals surface area contributed by atoms with Crippen molar-refractivity contribution in [3.8, 4) is 0 Å². The number of carbonyl (C=O) groups is 2. The van der Waals surface area contributed by atoms with E-state index in [0.29, 0.717) is 12.2 Å². The topological polar surface area (TPSA) is 86.8 Å². The van der Waals surface area contributed by atoms with Crippen molar-refractivity contribution in [1.82, 2.24) is 10.2 Å². The standard InChI is InChI=1S/C37H43N3O4S/c1-6-23-38-37(42)35(24-31-15-8-7-9-16-31)39(25-32-17-11-10-13-29(32)4)36(41)26-40(34-18-12-14-28(3)30(34)5)45(43,44)33-21-19-27(2)20-22-33/h7-22,35H,6,23-26H2,1-5H3,(H,38,42)/t35-/m0/s1. The average molecular weight is 626 g/mol. The first-order valence-corrected chi connectivity index (χ1v) is 16.8. The summed E-state index contributed by atoms with van der Waals surface area (Å²) in [6, 6.07) is 28.5. The zero-order valence-electron chi connectivity index (χ0n) is 26.8. The van der Waals surface area contributed by atoms with E-state index in [2.05, 4.69) is 5.32 Å². The van der Waals surface area contributed by atoms with Gasteiger partial charge in [0.15, 0.2) is 0 Å². The van der Waals surface area contributed by atoms with E-state index in [0.717, 1.165) is 39.8 Å². The molecule has 1 N–H and O–H groups in total. The molecule has 0 saturated heterocycles. The van der Waals surface area contributed by atoms with Gasteiger partial charge in [0.05, 0.1) is 10.6 Å². The molecule has 0 aliphatic heterocycles. The van der Waals surface area contributed by atoms with Crippen LogP contribution in [0.3, 0.4) is 0 Å². The fraction of sp³-hybridized carbons (Fsp3) is 0.297. The molecule has 0 heterocycles. The maximum absolute atomic E-state index is 14.6. The van der Waals surface area contributed by atoms with Crippen LogP contribution in [0.25, 0.3) is 0 Å². The Bertz CT molecular complexity index is 1720. The average Bonchev–Trinajstić information content (AvgIpc) is 3.03. The third-order valence-corrected chi connectivity index (χ3v) is 9.93. The maximum Gasteiger partial charge on any atom is 0.264 e. The highest BCUT2D eigenvalue weighted by Crippen LogP contribution is 2.29. The highest BCUT2D eigenvalue weighted by molar-refractivity contribution is 7.92. The molecule has 0 aliphatic carbocycles. The summed E-state index contributed by atoms with van der Waals surface area (Å²) < 4.78 is 29.8. The second-order valence-electron chi connectivity index (χ2n) is 11.5. The van der Waals surface area contributed by atoms with Gasteiger partial charge in [-0.2, -0.15) is 0 Å². The summed E-state index contributed by atoms with van der Waals surface area (Å²) in [5.41, 5.74) is 5.77. The predicted molar refractivity (Wildman–Crippen MR) is 181 cm³/mol. The first-order chi connectivity index (χ1) is 21.5. The van der Waals surface area contributed by atoms with Crippen molar-refractivity contribution in [3.63, 3.8) is 0 Å². The second kappa shape index (κ2) is 15.0. The molecule has 8 heteroatoms. The van der Waals surface area contributed by atoms with Crippen LogP contribution in [0.4, 0.5) is 5.69 Å². The zero-order valence-corrected chi connectivity index (χ0v) is 27.6. The number of carbonyl (C=O) groups excluding carboxylic acids is 2. The summed E-state index contributed by atoms with van der Waals surface area (Å²) in [5, 5.41) is 2.99. The van der Waals surface area contributed by atoms with E-state index < -0.39 is 28.5 Å². The number of nitrogens with zero attached hydrogens (tertiary/aromatic N) is 2. The van der Waals surface area contributed by atoms with Gasteiger partial charge in [-0.05, 0) is 80.1 Å². The Balaban J connectivity index is 1.83. The molecule has 0 radical (unpaired) electrons.